The lowest BCUT2D eigenvalue weighted by molar-refractivity contribution is -0.115. The first-order chi connectivity index (χ1) is 6.04. The van der Waals surface area contributed by atoms with E-state index in [-0.39, 0.29) is 11.5 Å². The second-order valence-electron chi connectivity index (χ2n) is 3.65. The lowest BCUT2D eigenvalue weighted by Gasteiger charge is -2.18. The summed E-state index contributed by atoms with van der Waals surface area (Å²) in [7, 11) is -2.96. The van der Waals surface area contributed by atoms with Crippen molar-refractivity contribution < 1.29 is 13.2 Å². The molecule has 0 aromatic rings. The molecule has 0 aromatic carbocycles. The molecule has 1 aliphatic heterocycles. The summed E-state index contributed by atoms with van der Waals surface area (Å²) >= 11 is 0. The molecule has 0 spiro atoms. The Kier molecular flexibility index (Phi) is 2.91. The molecule has 0 amide bonds. The number of sulfone groups is 1. The number of hydrogen-bond acceptors (Lipinski definition) is 3. The van der Waals surface area contributed by atoms with Crippen LogP contribution in [0.3, 0.4) is 0 Å². The molecule has 13 heavy (non-hydrogen) atoms. The maximum atomic E-state index is 11.2. The van der Waals surface area contributed by atoms with Crippen LogP contribution in [0.1, 0.15) is 19.3 Å². The number of allylic oxidation sites excluding steroid dienone is 1. The summed E-state index contributed by atoms with van der Waals surface area (Å²) < 4.78 is 22.4. The van der Waals surface area contributed by atoms with Gasteiger partial charge in [0.15, 0.2) is 9.84 Å². The molecule has 0 aliphatic carbocycles. The molecule has 0 N–H and O–H groups in total. The average Bonchev–Trinajstić information content (AvgIpc) is 2.40. The summed E-state index contributed by atoms with van der Waals surface area (Å²) in [5.74, 6) is 0.181. The zero-order chi connectivity index (χ0) is 9.95. The summed E-state index contributed by atoms with van der Waals surface area (Å²) in [6.45, 7) is 3.56. The van der Waals surface area contributed by atoms with Gasteiger partial charge in [0.2, 0.25) is 0 Å². The van der Waals surface area contributed by atoms with Crippen molar-refractivity contribution in [3.8, 4) is 0 Å². The van der Waals surface area contributed by atoms with E-state index in [1.807, 2.05) is 0 Å². The Labute approximate surface area is 78.8 Å². The fourth-order valence-electron chi connectivity index (χ4n) is 1.68. The molecule has 1 atom stereocenters. The summed E-state index contributed by atoms with van der Waals surface area (Å²) in [5, 5.41) is 0. The Balaban J connectivity index is 2.73. The van der Waals surface area contributed by atoms with Crippen LogP contribution in [-0.4, -0.2) is 26.2 Å². The van der Waals surface area contributed by atoms with Gasteiger partial charge in [-0.15, -0.1) is 6.58 Å². The fraction of sp³-hybridized carbons (Fsp3) is 0.667. The molecule has 74 valence electrons. The third kappa shape index (κ3) is 2.40. The lowest BCUT2D eigenvalue weighted by Crippen LogP contribution is -2.23. The fourth-order valence-corrected chi connectivity index (χ4v) is 3.77. The van der Waals surface area contributed by atoms with Crippen molar-refractivity contribution in [1.82, 2.24) is 0 Å². The Morgan fingerprint density at radius 1 is 1.46 bits per heavy atom. The van der Waals surface area contributed by atoms with Gasteiger partial charge >= 0.3 is 0 Å². The van der Waals surface area contributed by atoms with Gasteiger partial charge in [0, 0.05) is 5.41 Å². The van der Waals surface area contributed by atoms with E-state index >= 15 is 0 Å². The molecule has 1 saturated heterocycles. The van der Waals surface area contributed by atoms with Crippen molar-refractivity contribution in [3.63, 3.8) is 0 Å². The van der Waals surface area contributed by atoms with Crippen LogP contribution in [0.2, 0.25) is 0 Å². The van der Waals surface area contributed by atoms with Crippen molar-refractivity contribution in [3.05, 3.63) is 12.7 Å². The van der Waals surface area contributed by atoms with E-state index < -0.39 is 15.3 Å². The maximum Gasteiger partial charge on any atom is 0.151 e. The molecule has 1 heterocycles. The second-order valence-corrected chi connectivity index (χ2v) is 5.83. The Hall–Kier alpha value is -0.640. The molecule has 1 unspecified atom stereocenters. The molecule has 0 aromatic heterocycles. The average molecular weight is 202 g/mol. The Morgan fingerprint density at radius 3 is 2.54 bits per heavy atom. The molecule has 1 aliphatic rings. The molecule has 0 bridgehead atoms. The molecule has 0 radical (unpaired) electrons. The third-order valence-electron chi connectivity index (χ3n) is 2.51. The maximum absolute atomic E-state index is 11.2. The van der Waals surface area contributed by atoms with Gasteiger partial charge in [-0.05, 0) is 19.3 Å². The lowest BCUT2D eigenvalue weighted by atomic mass is 9.84. The molecule has 4 heteroatoms. The van der Waals surface area contributed by atoms with Crippen molar-refractivity contribution >= 4 is 16.1 Å². The van der Waals surface area contributed by atoms with Crippen molar-refractivity contribution in [2.24, 2.45) is 5.41 Å². The largest absolute Gasteiger partial charge is 0.303 e. The molecule has 0 saturated carbocycles. The zero-order valence-corrected chi connectivity index (χ0v) is 8.35. The zero-order valence-electron chi connectivity index (χ0n) is 7.53. The van der Waals surface area contributed by atoms with E-state index in [1.54, 1.807) is 6.08 Å². The molecule has 1 rings (SSSR count). The van der Waals surface area contributed by atoms with Gasteiger partial charge in [-0.3, -0.25) is 0 Å². The molecule has 1 fully saturated rings. The SMILES string of the molecule is C=CCCC1(C=O)CCS(=O)(=O)C1. The quantitative estimate of drug-likeness (QED) is 0.504. The number of aldehydes is 1. The first kappa shape index (κ1) is 10.4. The Bertz CT molecular complexity index is 305. The van der Waals surface area contributed by atoms with Crippen LogP contribution >= 0.6 is 0 Å². The minimum Gasteiger partial charge on any atom is -0.303 e. The first-order valence-corrected chi connectivity index (χ1v) is 6.13. The van der Waals surface area contributed by atoms with Crippen molar-refractivity contribution in [2.45, 2.75) is 19.3 Å². The van der Waals surface area contributed by atoms with Gasteiger partial charge in [0.05, 0.1) is 11.5 Å². The van der Waals surface area contributed by atoms with Crippen molar-refractivity contribution in [2.75, 3.05) is 11.5 Å². The van der Waals surface area contributed by atoms with Crippen LogP contribution in [0, 0.1) is 5.41 Å². The highest BCUT2D eigenvalue weighted by Crippen LogP contribution is 2.34. The minimum atomic E-state index is -2.96. The van der Waals surface area contributed by atoms with E-state index in [0.717, 1.165) is 6.29 Å². The smallest absolute Gasteiger partial charge is 0.151 e. The van der Waals surface area contributed by atoms with Gasteiger partial charge < -0.3 is 4.79 Å². The summed E-state index contributed by atoms with van der Waals surface area (Å²) in [4.78, 5) is 10.8. The van der Waals surface area contributed by atoms with Gasteiger partial charge in [0.25, 0.3) is 0 Å². The summed E-state index contributed by atoms with van der Waals surface area (Å²) in [6, 6.07) is 0. The first-order valence-electron chi connectivity index (χ1n) is 4.31. The van der Waals surface area contributed by atoms with Gasteiger partial charge in [-0.25, -0.2) is 8.42 Å². The topological polar surface area (TPSA) is 51.2 Å². The number of carbonyl (C=O) groups excluding carboxylic acids is 1. The molecular weight excluding hydrogens is 188 g/mol. The Morgan fingerprint density at radius 2 is 2.15 bits per heavy atom. The monoisotopic (exact) mass is 202 g/mol. The summed E-state index contributed by atoms with van der Waals surface area (Å²) in [5.41, 5.74) is -0.618. The molecule has 3 nitrogen and oxygen atoms in total. The summed E-state index contributed by atoms with van der Waals surface area (Å²) in [6.07, 6.45) is 4.32. The minimum absolute atomic E-state index is 0.0251. The van der Waals surface area contributed by atoms with Gasteiger partial charge in [0.1, 0.15) is 6.29 Å². The third-order valence-corrected chi connectivity index (χ3v) is 4.36. The normalized spacial score (nSPS) is 31.4. The van der Waals surface area contributed by atoms with E-state index in [9.17, 15) is 13.2 Å². The van der Waals surface area contributed by atoms with Crippen LogP contribution < -0.4 is 0 Å². The molecular formula is C9H14O3S. The number of hydrogen-bond donors (Lipinski definition) is 0. The number of rotatable bonds is 4. The van der Waals surface area contributed by atoms with Crippen LogP contribution in [-0.2, 0) is 14.6 Å². The van der Waals surface area contributed by atoms with Crippen LogP contribution in [0.15, 0.2) is 12.7 Å². The predicted molar refractivity (Wildman–Crippen MR) is 51.2 cm³/mol. The van der Waals surface area contributed by atoms with Crippen LogP contribution in [0.25, 0.3) is 0 Å². The van der Waals surface area contributed by atoms with Crippen LogP contribution in [0.4, 0.5) is 0 Å². The highest BCUT2D eigenvalue weighted by molar-refractivity contribution is 7.91. The predicted octanol–water partition coefficient (Wildman–Crippen LogP) is 0.956. The van der Waals surface area contributed by atoms with E-state index in [1.165, 1.54) is 0 Å². The van der Waals surface area contributed by atoms with E-state index in [2.05, 4.69) is 6.58 Å². The van der Waals surface area contributed by atoms with Crippen LogP contribution in [0.5, 0.6) is 0 Å². The standard InChI is InChI=1S/C9H14O3S/c1-2-3-4-9(7-10)5-6-13(11,12)8-9/h2,7H,1,3-6,8H2. The van der Waals surface area contributed by atoms with E-state index in [0.29, 0.717) is 19.3 Å². The van der Waals surface area contributed by atoms with Gasteiger partial charge in [-0.1, -0.05) is 6.08 Å². The second kappa shape index (κ2) is 3.62. The highest BCUT2D eigenvalue weighted by atomic mass is 32.2. The van der Waals surface area contributed by atoms with E-state index in [4.69, 9.17) is 0 Å². The highest BCUT2D eigenvalue weighted by Gasteiger charge is 2.41. The van der Waals surface area contributed by atoms with Crippen molar-refractivity contribution in [1.29, 1.82) is 0 Å². The number of carbonyl (C=O) groups is 1. The van der Waals surface area contributed by atoms with Gasteiger partial charge in [-0.2, -0.15) is 0 Å².